The van der Waals surface area contributed by atoms with E-state index in [0.717, 1.165) is 23.5 Å². The maximum Gasteiger partial charge on any atom is 0.258 e. The SMILES string of the molecule is CCOc1cc(CNc2ncc(C(=O)N3CCCOC3)cn2)cc(OCC)c1. The van der Waals surface area contributed by atoms with E-state index in [9.17, 15) is 4.79 Å². The Bertz CT molecular complexity index is 752. The number of carbonyl (C=O) groups excluding carboxylic acids is 1. The maximum absolute atomic E-state index is 12.4. The predicted octanol–water partition coefficient (Wildman–Crippen LogP) is 2.71. The molecular formula is C20H26N4O4. The molecule has 2 aromatic rings. The van der Waals surface area contributed by atoms with Crippen LogP contribution < -0.4 is 14.8 Å². The Morgan fingerprint density at radius 2 is 1.82 bits per heavy atom. The first-order valence-electron chi connectivity index (χ1n) is 9.52. The van der Waals surface area contributed by atoms with Crippen LogP contribution in [0.15, 0.2) is 30.6 Å². The van der Waals surface area contributed by atoms with Crippen molar-refractivity contribution >= 4 is 11.9 Å². The highest BCUT2D eigenvalue weighted by atomic mass is 16.5. The van der Waals surface area contributed by atoms with E-state index in [-0.39, 0.29) is 5.91 Å². The average Bonchev–Trinajstić information content (AvgIpc) is 2.73. The molecule has 3 rings (SSSR count). The smallest absolute Gasteiger partial charge is 0.258 e. The van der Waals surface area contributed by atoms with Crippen LogP contribution in [0.2, 0.25) is 0 Å². The van der Waals surface area contributed by atoms with Crippen LogP contribution in [-0.2, 0) is 11.3 Å². The monoisotopic (exact) mass is 386 g/mol. The third-order valence-electron chi connectivity index (χ3n) is 4.16. The Morgan fingerprint density at radius 1 is 1.14 bits per heavy atom. The van der Waals surface area contributed by atoms with Gasteiger partial charge in [0.1, 0.15) is 18.2 Å². The number of aromatic nitrogens is 2. The number of rotatable bonds is 8. The van der Waals surface area contributed by atoms with Crippen molar-refractivity contribution in [2.75, 3.05) is 38.4 Å². The molecule has 1 N–H and O–H groups in total. The number of nitrogens with one attached hydrogen (secondary N) is 1. The first-order chi connectivity index (χ1) is 13.7. The standard InChI is InChI=1S/C20H26N4O4/c1-3-27-17-8-15(9-18(10-17)28-4-2)11-21-20-22-12-16(13-23-20)19(25)24-6-5-7-26-14-24/h8-10,12-13H,3-7,11,14H2,1-2H3,(H,21,22,23). The second-order valence-electron chi connectivity index (χ2n) is 6.29. The summed E-state index contributed by atoms with van der Waals surface area (Å²) in [6.07, 6.45) is 3.92. The minimum atomic E-state index is -0.114. The number of ether oxygens (including phenoxy) is 3. The van der Waals surface area contributed by atoms with Gasteiger partial charge in [-0.3, -0.25) is 4.79 Å². The van der Waals surface area contributed by atoms with Crippen LogP contribution in [0.3, 0.4) is 0 Å². The Hall–Kier alpha value is -2.87. The zero-order chi connectivity index (χ0) is 19.8. The highest BCUT2D eigenvalue weighted by Gasteiger charge is 2.19. The molecule has 8 heteroatoms. The summed E-state index contributed by atoms with van der Waals surface area (Å²) in [7, 11) is 0. The molecule has 1 aliphatic rings. The molecule has 0 radical (unpaired) electrons. The Balaban J connectivity index is 1.62. The van der Waals surface area contributed by atoms with Crippen LogP contribution in [0.1, 0.15) is 36.2 Å². The molecule has 0 bridgehead atoms. The van der Waals surface area contributed by atoms with Crippen molar-refractivity contribution in [2.45, 2.75) is 26.8 Å². The van der Waals surface area contributed by atoms with Crippen molar-refractivity contribution in [1.82, 2.24) is 14.9 Å². The molecule has 1 fully saturated rings. The van der Waals surface area contributed by atoms with Crippen LogP contribution in [0, 0.1) is 0 Å². The predicted molar refractivity (Wildman–Crippen MR) is 105 cm³/mol. The molecule has 28 heavy (non-hydrogen) atoms. The number of carbonyl (C=O) groups is 1. The van der Waals surface area contributed by atoms with E-state index < -0.39 is 0 Å². The number of amides is 1. The van der Waals surface area contributed by atoms with E-state index in [2.05, 4.69) is 15.3 Å². The van der Waals surface area contributed by atoms with Crippen LogP contribution in [0.5, 0.6) is 11.5 Å². The molecule has 150 valence electrons. The van der Waals surface area contributed by atoms with Gasteiger partial charge in [-0.1, -0.05) is 0 Å². The zero-order valence-corrected chi connectivity index (χ0v) is 16.3. The lowest BCUT2D eigenvalue weighted by molar-refractivity contribution is -0.00575. The Labute approximate surface area is 164 Å². The lowest BCUT2D eigenvalue weighted by Crippen LogP contribution is -2.38. The van der Waals surface area contributed by atoms with Gasteiger partial charge in [0.05, 0.1) is 25.4 Å². The average molecular weight is 386 g/mol. The van der Waals surface area contributed by atoms with Crippen LogP contribution in [0.4, 0.5) is 5.95 Å². The van der Waals surface area contributed by atoms with Gasteiger partial charge < -0.3 is 24.4 Å². The minimum absolute atomic E-state index is 0.114. The van der Waals surface area contributed by atoms with E-state index in [4.69, 9.17) is 14.2 Å². The molecule has 0 unspecified atom stereocenters. The summed E-state index contributed by atoms with van der Waals surface area (Å²) in [6, 6.07) is 5.78. The third kappa shape index (κ3) is 5.32. The molecule has 2 heterocycles. The van der Waals surface area contributed by atoms with Crippen molar-refractivity contribution in [3.63, 3.8) is 0 Å². The van der Waals surface area contributed by atoms with Gasteiger partial charge in [0, 0.05) is 31.5 Å². The van der Waals surface area contributed by atoms with E-state index in [1.54, 1.807) is 4.90 Å². The van der Waals surface area contributed by atoms with Crippen molar-refractivity contribution in [2.24, 2.45) is 0 Å². The van der Waals surface area contributed by atoms with Gasteiger partial charge in [-0.15, -0.1) is 0 Å². The molecule has 1 aliphatic heterocycles. The Kier molecular flexibility index (Phi) is 7.02. The zero-order valence-electron chi connectivity index (χ0n) is 16.3. The lowest BCUT2D eigenvalue weighted by Gasteiger charge is -2.26. The summed E-state index contributed by atoms with van der Waals surface area (Å²) in [5.41, 5.74) is 1.44. The van der Waals surface area contributed by atoms with Gasteiger partial charge in [-0.2, -0.15) is 0 Å². The molecule has 0 aliphatic carbocycles. The van der Waals surface area contributed by atoms with Crippen LogP contribution in [-0.4, -0.2) is 53.9 Å². The number of nitrogens with zero attached hydrogens (tertiary/aromatic N) is 3. The van der Waals surface area contributed by atoms with Crippen molar-refractivity contribution < 1.29 is 19.0 Å². The minimum Gasteiger partial charge on any atom is -0.494 e. The number of anilines is 1. The maximum atomic E-state index is 12.4. The quantitative estimate of drug-likeness (QED) is 0.746. The molecule has 1 aromatic heterocycles. The molecule has 1 aromatic carbocycles. The number of benzene rings is 1. The third-order valence-corrected chi connectivity index (χ3v) is 4.16. The van der Waals surface area contributed by atoms with Crippen molar-refractivity contribution in [3.8, 4) is 11.5 Å². The fourth-order valence-electron chi connectivity index (χ4n) is 2.88. The number of hydrogen-bond donors (Lipinski definition) is 1. The van der Waals surface area contributed by atoms with Gasteiger partial charge in [0.15, 0.2) is 0 Å². The van der Waals surface area contributed by atoms with Crippen LogP contribution >= 0.6 is 0 Å². The summed E-state index contributed by atoms with van der Waals surface area (Å²) < 4.78 is 16.5. The first-order valence-corrected chi connectivity index (χ1v) is 9.52. The van der Waals surface area contributed by atoms with Gasteiger partial charge in [0.25, 0.3) is 5.91 Å². The molecule has 1 saturated heterocycles. The largest absolute Gasteiger partial charge is 0.494 e. The molecule has 1 amide bonds. The fourth-order valence-corrected chi connectivity index (χ4v) is 2.88. The summed E-state index contributed by atoms with van der Waals surface area (Å²) in [5.74, 6) is 1.86. The van der Waals surface area contributed by atoms with Crippen LogP contribution in [0.25, 0.3) is 0 Å². The van der Waals surface area contributed by atoms with Crippen molar-refractivity contribution in [1.29, 1.82) is 0 Å². The fraction of sp³-hybridized carbons (Fsp3) is 0.450. The highest BCUT2D eigenvalue weighted by molar-refractivity contribution is 5.93. The Morgan fingerprint density at radius 3 is 2.39 bits per heavy atom. The van der Waals surface area contributed by atoms with E-state index >= 15 is 0 Å². The number of hydrogen-bond acceptors (Lipinski definition) is 7. The molecule has 0 atom stereocenters. The molecule has 8 nitrogen and oxygen atoms in total. The summed E-state index contributed by atoms with van der Waals surface area (Å²) in [4.78, 5) is 22.6. The van der Waals surface area contributed by atoms with Gasteiger partial charge in [-0.05, 0) is 38.0 Å². The normalized spacial score (nSPS) is 13.9. The highest BCUT2D eigenvalue weighted by Crippen LogP contribution is 2.23. The molecular weight excluding hydrogens is 360 g/mol. The molecule has 0 saturated carbocycles. The lowest BCUT2D eigenvalue weighted by atomic mass is 10.2. The van der Waals surface area contributed by atoms with Gasteiger partial charge >= 0.3 is 0 Å². The summed E-state index contributed by atoms with van der Waals surface area (Å²) >= 11 is 0. The van der Waals surface area contributed by atoms with E-state index in [0.29, 0.717) is 51.2 Å². The summed E-state index contributed by atoms with van der Waals surface area (Å²) in [6.45, 7) is 7.27. The van der Waals surface area contributed by atoms with Gasteiger partial charge in [-0.25, -0.2) is 9.97 Å². The van der Waals surface area contributed by atoms with Crippen molar-refractivity contribution in [3.05, 3.63) is 41.7 Å². The topological polar surface area (TPSA) is 85.8 Å². The second-order valence-corrected chi connectivity index (χ2v) is 6.29. The first kappa shape index (κ1) is 19.9. The second kappa shape index (κ2) is 9.89. The molecule has 0 spiro atoms. The summed E-state index contributed by atoms with van der Waals surface area (Å²) in [5, 5.41) is 3.16. The van der Waals surface area contributed by atoms with E-state index in [1.165, 1.54) is 12.4 Å². The van der Waals surface area contributed by atoms with E-state index in [1.807, 2.05) is 32.0 Å². The van der Waals surface area contributed by atoms with Gasteiger partial charge in [0.2, 0.25) is 5.95 Å².